The van der Waals surface area contributed by atoms with Gasteiger partial charge in [0.15, 0.2) is 0 Å². The standard InChI is InChI=1S/C4H8FP/c1-4(5)3-6-2/h6H,1,3H2,2H3. The quantitative estimate of drug-likeness (QED) is 0.470. The fourth-order valence-corrected chi connectivity index (χ4v) is 0.575. The zero-order valence-electron chi connectivity index (χ0n) is 3.79. The number of rotatable bonds is 2. The van der Waals surface area contributed by atoms with E-state index in [9.17, 15) is 4.39 Å². The molecule has 0 nitrogen and oxygen atoms in total. The van der Waals surface area contributed by atoms with E-state index in [4.69, 9.17) is 0 Å². The highest BCUT2D eigenvalue weighted by atomic mass is 31.1. The average Bonchev–Trinajstić information content (AvgIpc) is 1.35. The van der Waals surface area contributed by atoms with Gasteiger partial charge in [0.05, 0.1) is 5.83 Å². The summed E-state index contributed by atoms with van der Waals surface area (Å²) in [4.78, 5) is 0. The van der Waals surface area contributed by atoms with E-state index < -0.39 is 0 Å². The molecule has 0 aromatic rings. The summed E-state index contributed by atoms with van der Waals surface area (Å²) in [7, 11) is 0.664. The third-order valence-electron chi connectivity index (χ3n) is 0.369. The molecule has 0 spiro atoms. The number of hydrogen-bond donors (Lipinski definition) is 0. The molecule has 0 aliphatic heterocycles. The van der Waals surface area contributed by atoms with Gasteiger partial charge in [0, 0.05) is 6.16 Å². The smallest absolute Gasteiger partial charge is 0.0968 e. The van der Waals surface area contributed by atoms with E-state index >= 15 is 0 Å². The first-order valence-corrected chi connectivity index (χ1v) is 3.46. The number of halogens is 1. The Morgan fingerprint density at radius 2 is 2.50 bits per heavy atom. The first-order chi connectivity index (χ1) is 2.77. The molecule has 0 aromatic heterocycles. The van der Waals surface area contributed by atoms with Gasteiger partial charge in [0.25, 0.3) is 0 Å². The Morgan fingerprint density at radius 1 is 2.00 bits per heavy atom. The van der Waals surface area contributed by atoms with Crippen LogP contribution in [0.3, 0.4) is 0 Å². The van der Waals surface area contributed by atoms with Crippen molar-refractivity contribution in [3.05, 3.63) is 12.4 Å². The zero-order valence-corrected chi connectivity index (χ0v) is 4.79. The lowest BCUT2D eigenvalue weighted by Gasteiger charge is -1.83. The third-order valence-corrected chi connectivity index (χ3v) is 1.11. The van der Waals surface area contributed by atoms with Crippen LogP contribution in [0.15, 0.2) is 12.4 Å². The highest BCUT2D eigenvalue weighted by Crippen LogP contribution is 2.07. The minimum Gasteiger partial charge on any atom is -0.212 e. The number of hydrogen-bond acceptors (Lipinski definition) is 0. The van der Waals surface area contributed by atoms with Crippen LogP contribution in [0.25, 0.3) is 0 Å². The van der Waals surface area contributed by atoms with E-state index in [2.05, 4.69) is 6.58 Å². The van der Waals surface area contributed by atoms with Crippen molar-refractivity contribution in [2.75, 3.05) is 12.8 Å². The molecular weight excluding hydrogens is 98.0 g/mol. The Labute approximate surface area is 39.2 Å². The van der Waals surface area contributed by atoms with Crippen LogP contribution in [-0.4, -0.2) is 12.8 Å². The molecule has 0 aliphatic rings. The Hall–Kier alpha value is 0.100. The summed E-state index contributed by atoms with van der Waals surface area (Å²) in [5.74, 6) is -0.198. The summed E-state index contributed by atoms with van der Waals surface area (Å²) >= 11 is 0. The van der Waals surface area contributed by atoms with E-state index in [1.54, 1.807) is 0 Å². The van der Waals surface area contributed by atoms with Gasteiger partial charge in [0.2, 0.25) is 0 Å². The van der Waals surface area contributed by atoms with Gasteiger partial charge < -0.3 is 0 Å². The van der Waals surface area contributed by atoms with Crippen LogP contribution in [0, 0.1) is 0 Å². The molecule has 0 rings (SSSR count). The summed E-state index contributed by atoms with van der Waals surface area (Å²) in [6.45, 7) is 5.03. The van der Waals surface area contributed by atoms with Gasteiger partial charge in [-0.1, -0.05) is 6.58 Å². The summed E-state index contributed by atoms with van der Waals surface area (Å²) in [5.41, 5.74) is 0. The number of allylic oxidation sites excluding steroid dienone is 1. The minimum absolute atomic E-state index is 0.198. The SMILES string of the molecule is C=C(F)CPC. The van der Waals surface area contributed by atoms with Crippen molar-refractivity contribution in [3.8, 4) is 0 Å². The van der Waals surface area contributed by atoms with Gasteiger partial charge in [-0.05, 0) is 6.66 Å². The largest absolute Gasteiger partial charge is 0.212 e. The Balaban J connectivity index is 2.83. The van der Waals surface area contributed by atoms with E-state index in [-0.39, 0.29) is 5.83 Å². The minimum atomic E-state index is -0.198. The molecule has 36 valence electrons. The molecule has 1 unspecified atom stereocenters. The van der Waals surface area contributed by atoms with Crippen molar-refractivity contribution < 1.29 is 4.39 Å². The Kier molecular flexibility index (Phi) is 3.35. The Morgan fingerprint density at radius 3 is 2.50 bits per heavy atom. The van der Waals surface area contributed by atoms with Crippen LogP contribution >= 0.6 is 8.58 Å². The van der Waals surface area contributed by atoms with Crippen LogP contribution in [0.2, 0.25) is 0 Å². The average molecular weight is 106 g/mol. The van der Waals surface area contributed by atoms with Crippen LogP contribution < -0.4 is 0 Å². The lowest BCUT2D eigenvalue weighted by atomic mass is 10.7. The monoisotopic (exact) mass is 106 g/mol. The van der Waals surface area contributed by atoms with E-state index in [1.807, 2.05) is 6.66 Å². The molecule has 0 saturated heterocycles. The summed E-state index contributed by atoms with van der Waals surface area (Å²) < 4.78 is 11.5. The van der Waals surface area contributed by atoms with Crippen LogP contribution in [-0.2, 0) is 0 Å². The molecule has 0 heterocycles. The van der Waals surface area contributed by atoms with Gasteiger partial charge in [-0.15, -0.1) is 8.58 Å². The molecule has 0 saturated carbocycles. The van der Waals surface area contributed by atoms with Crippen molar-refractivity contribution in [1.29, 1.82) is 0 Å². The Bertz CT molecular complexity index is 51.5. The van der Waals surface area contributed by atoms with Crippen LogP contribution in [0.5, 0.6) is 0 Å². The van der Waals surface area contributed by atoms with Gasteiger partial charge in [-0.25, -0.2) is 4.39 Å². The summed E-state index contributed by atoms with van der Waals surface area (Å²) in [6.07, 6.45) is 0.542. The van der Waals surface area contributed by atoms with E-state index in [1.165, 1.54) is 0 Å². The predicted molar refractivity (Wildman–Crippen MR) is 29.4 cm³/mol. The van der Waals surface area contributed by atoms with Crippen molar-refractivity contribution in [2.24, 2.45) is 0 Å². The maximum atomic E-state index is 11.5. The molecule has 1 atom stereocenters. The normalized spacial score (nSPS) is 10.3. The first-order valence-electron chi connectivity index (χ1n) is 1.75. The fraction of sp³-hybridized carbons (Fsp3) is 0.500. The highest BCUT2D eigenvalue weighted by Gasteiger charge is 1.80. The molecule has 6 heavy (non-hydrogen) atoms. The predicted octanol–water partition coefficient (Wildman–Crippen LogP) is 1.78. The molecule has 0 N–H and O–H groups in total. The zero-order chi connectivity index (χ0) is 4.99. The van der Waals surface area contributed by atoms with E-state index in [0.717, 1.165) is 0 Å². The second-order valence-electron chi connectivity index (χ2n) is 1.05. The maximum Gasteiger partial charge on any atom is 0.0968 e. The lowest BCUT2D eigenvalue weighted by Crippen LogP contribution is -1.67. The van der Waals surface area contributed by atoms with Crippen molar-refractivity contribution in [2.45, 2.75) is 0 Å². The van der Waals surface area contributed by atoms with Crippen LogP contribution in [0.4, 0.5) is 4.39 Å². The second-order valence-corrected chi connectivity index (χ2v) is 2.11. The van der Waals surface area contributed by atoms with Crippen LogP contribution in [0.1, 0.15) is 0 Å². The lowest BCUT2D eigenvalue weighted by molar-refractivity contribution is 0.648. The summed E-state index contributed by atoms with van der Waals surface area (Å²) in [6, 6.07) is 0. The van der Waals surface area contributed by atoms with Crippen molar-refractivity contribution in [3.63, 3.8) is 0 Å². The highest BCUT2D eigenvalue weighted by molar-refractivity contribution is 7.37. The summed E-state index contributed by atoms with van der Waals surface area (Å²) in [5, 5.41) is 0. The topological polar surface area (TPSA) is 0 Å². The fourth-order valence-electron chi connectivity index (χ4n) is 0.192. The van der Waals surface area contributed by atoms with Crippen molar-refractivity contribution >= 4 is 8.58 Å². The first kappa shape index (κ1) is 6.10. The molecule has 0 radical (unpaired) electrons. The molecule has 2 heteroatoms. The second kappa shape index (κ2) is 3.30. The van der Waals surface area contributed by atoms with E-state index in [0.29, 0.717) is 14.7 Å². The third kappa shape index (κ3) is 4.10. The maximum absolute atomic E-state index is 11.5. The molecule has 0 aliphatic carbocycles. The molecule has 0 amide bonds. The molecule has 0 aromatic carbocycles. The molecular formula is C4H8FP. The van der Waals surface area contributed by atoms with Crippen molar-refractivity contribution in [1.82, 2.24) is 0 Å². The van der Waals surface area contributed by atoms with Gasteiger partial charge in [-0.3, -0.25) is 0 Å². The molecule has 0 fully saturated rings. The molecule has 0 bridgehead atoms. The van der Waals surface area contributed by atoms with Gasteiger partial charge in [-0.2, -0.15) is 0 Å². The van der Waals surface area contributed by atoms with Gasteiger partial charge in [0.1, 0.15) is 0 Å². The van der Waals surface area contributed by atoms with Gasteiger partial charge >= 0.3 is 0 Å².